The molecular formula is C20H22N4O5. The molecule has 9 heteroatoms. The molecule has 3 rings (SSSR count). The van der Waals surface area contributed by atoms with Crippen molar-refractivity contribution in [1.29, 1.82) is 0 Å². The van der Waals surface area contributed by atoms with E-state index in [9.17, 15) is 24.8 Å². The smallest absolute Gasteiger partial charge is 0.408 e. The molecule has 29 heavy (non-hydrogen) atoms. The SMILES string of the molecule is CNC1(CC=O)CN(c2ccc(-c3ccc([N+](=O)[O-])cc3)cc2)CCN1C(=O)O. The number of nitrogens with zero attached hydrogens (tertiary/aromatic N) is 3. The molecule has 1 fully saturated rings. The fraction of sp³-hybridized carbons (Fsp3) is 0.300. The number of carbonyl (C=O) groups is 2. The summed E-state index contributed by atoms with van der Waals surface area (Å²) in [5, 5.41) is 23.3. The number of nitro benzene ring substituents is 1. The van der Waals surface area contributed by atoms with Gasteiger partial charge in [-0.25, -0.2) is 4.79 Å². The molecule has 1 heterocycles. The molecule has 1 amide bonds. The maximum atomic E-state index is 11.6. The van der Waals surface area contributed by atoms with Crippen molar-refractivity contribution in [3.8, 4) is 11.1 Å². The summed E-state index contributed by atoms with van der Waals surface area (Å²) in [6, 6.07) is 14.0. The van der Waals surface area contributed by atoms with Crippen LogP contribution in [-0.4, -0.2) is 59.7 Å². The Kier molecular flexibility index (Phi) is 5.79. The Morgan fingerprint density at radius 1 is 1.17 bits per heavy atom. The zero-order valence-corrected chi connectivity index (χ0v) is 15.9. The number of amides is 1. The lowest BCUT2D eigenvalue weighted by molar-refractivity contribution is -0.384. The van der Waals surface area contributed by atoms with E-state index in [1.54, 1.807) is 19.2 Å². The van der Waals surface area contributed by atoms with Crippen LogP contribution in [0.3, 0.4) is 0 Å². The molecule has 1 aliphatic rings. The van der Waals surface area contributed by atoms with Crippen LogP contribution in [0.2, 0.25) is 0 Å². The number of aldehydes is 1. The van der Waals surface area contributed by atoms with Crippen LogP contribution in [0.15, 0.2) is 48.5 Å². The van der Waals surface area contributed by atoms with Crippen LogP contribution < -0.4 is 10.2 Å². The van der Waals surface area contributed by atoms with Crippen LogP contribution in [-0.2, 0) is 4.79 Å². The van der Waals surface area contributed by atoms with Gasteiger partial charge in [0, 0.05) is 37.3 Å². The number of rotatable bonds is 6. The number of carboxylic acid groups (broad SMARTS) is 1. The Hall–Kier alpha value is -3.46. The molecule has 9 nitrogen and oxygen atoms in total. The van der Waals surface area contributed by atoms with Crippen LogP contribution in [0, 0.1) is 10.1 Å². The van der Waals surface area contributed by atoms with Gasteiger partial charge < -0.3 is 14.8 Å². The van der Waals surface area contributed by atoms with E-state index >= 15 is 0 Å². The third kappa shape index (κ3) is 4.04. The molecule has 152 valence electrons. The Morgan fingerprint density at radius 2 is 1.76 bits per heavy atom. The monoisotopic (exact) mass is 398 g/mol. The number of non-ortho nitro benzene ring substituents is 1. The van der Waals surface area contributed by atoms with Crippen molar-refractivity contribution in [3.05, 3.63) is 58.6 Å². The molecule has 2 aromatic rings. The van der Waals surface area contributed by atoms with Crippen molar-refractivity contribution < 1.29 is 19.6 Å². The van der Waals surface area contributed by atoms with Gasteiger partial charge in [0.15, 0.2) is 0 Å². The second kappa shape index (κ2) is 8.27. The fourth-order valence-corrected chi connectivity index (χ4v) is 3.68. The molecule has 1 atom stereocenters. The summed E-state index contributed by atoms with van der Waals surface area (Å²) in [6.07, 6.45) is -0.282. The highest BCUT2D eigenvalue weighted by molar-refractivity contribution is 5.70. The maximum absolute atomic E-state index is 11.6. The number of anilines is 1. The topological polar surface area (TPSA) is 116 Å². The second-order valence-corrected chi connectivity index (χ2v) is 6.86. The highest BCUT2D eigenvalue weighted by Gasteiger charge is 2.43. The molecule has 1 aliphatic heterocycles. The van der Waals surface area contributed by atoms with Crippen molar-refractivity contribution in [2.75, 3.05) is 31.6 Å². The summed E-state index contributed by atoms with van der Waals surface area (Å²) < 4.78 is 0. The number of piperazine rings is 1. The van der Waals surface area contributed by atoms with Crippen molar-refractivity contribution in [1.82, 2.24) is 10.2 Å². The van der Waals surface area contributed by atoms with E-state index < -0.39 is 16.7 Å². The van der Waals surface area contributed by atoms with Crippen molar-refractivity contribution >= 4 is 23.8 Å². The third-order valence-corrected chi connectivity index (χ3v) is 5.32. The zero-order chi connectivity index (χ0) is 21.0. The lowest BCUT2D eigenvalue weighted by Gasteiger charge is -2.49. The van der Waals surface area contributed by atoms with E-state index in [0.29, 0.717) is 13.1 Å². The number of carbonyl (C=O) groups excluding carboxylic acids is 1. The molecular weight excluding hydrogens is 376 g/mol. The number of hydrogen-bond donors (Lipinski definition) is 2. The predicted molar refractivity (Wildman–Crippen MR) is 108 cm³/mol. The van der Waals surface area contributed by atoms with Gasteiger partial charge in [-0.05, 0) is 42.4 Å². The first kappa shape index (κ1) is 20.3. The quantitative estimate of drug-likeness (QED) is 0.436. The predicted octanol–water partition coefficient (Wildman–Crippen LogP) is 2.57. The standard InChI is InChI=1S/C20H22N4O5/c1-21-20(10-13-25)14-22(11-12-23(20)19(26)27)17-6-2-15(3-7-17)16-4-8-18(9-5-16)24(28)29/h2-9,13,21H,10-12,14H2,1H3,(H,26,27). The van der Waals surface area contributed by atoms with E-state index in [4.69, 9.17) is 0 Å². The van der Waals surface area contributed by atoms with Gasteiger partial charge in [0.25, 0.3) is 5.69 Å². The summed E-state index contributed by atoms with van der Waals surface area (Å²) in [4.78, 5) is 36.5. The first-order valence-electron chi connectivity index (χ1n) is 9.13. The fourth-order valence-electron chi connectivity index (χ4n) is 3.68. The average Bonchev–Trinajstić information content (AvgIpc) is 2.74. The van der Waals surface area contributed by atoms with E-state index in [1.165, 1.54) is 17.0 Å². The summed E-state index contributed by atoms with van der Waals surface area (Å²) in [7, 11) is 1.65. The highest BCUT2D eigenvalue weighted by Crippen LogP contribution is 2.29. The van der Waals surface area contributed by atoms with Gasteiger partial charge in [-0.15, -0.1) is 0 Å². The molecule has 0 saturated carbocycles. The molecule has 0 aromatic heterocycles. The third-order valence-electron chi connectivity index (χ3n) is 5.32. The number of likely N-dealkylation sites (N-methyl/N-ethyl adjacent to an activating group) is 1. The van der Waals surface area contributed by atoms with E-state index in [-0.39, 0.29) is 18.7 Å². The molecule has 0 radical (unpaired) electrons. The summed E-state index contributed by atoms with van der Waals surface area (Å²) >= 11 is 0. The van der Waals surface area contributed by atoms with Crippen LogP contribution in [0.5, 0.6) is 0 Å². The first-order valence-corrected chi connectivity index (χ1v) is 9.13. The Morgan fingerprint density at radius 3 is 2.24 bits per heavy atom. The van der Waals surface area contributed by atoms with Crippen molar-refractivity contribution in [3.63, 3.8) is 0 Å². The summed E-state index contributed by atoms with van der Waals surface area (Å²) in [5.41, 5.74) is 1.75. The molecule has 0 spiro atoms. The first-order chi connectivity index (χ1) is 13.9. The Bertz CT molecular complexity index is 900. The summed E-state index contributed by atoms with van der Waals surface area (Å²) in [6.45, 7) is 1.12. The minimum atomic E-state index is -1.06. The van der Waals surface area contributed by atoms with Gasteiger partial charge in [0.2, 0.25) is 0 Å². The van der Waals surface area contributed by atoms with Gasteiger partial charge >= 0.3 is 6.09 Å². The summed E-state index contributed by atoms with van der Waals surface area (Å²) in [5.74, 6) is 0. The lowest BCUT2D eigenvalue weighted by Crippen LogP contribution is -2.69. The lowest BCUT2D eigenvalue weighted by atomic mass is 9.99. The van der Waals surface area contributed by atoms with E-state index in [2.05, 4.69) is 5.32 Å². The van der Waals surface area contributed by atoms with Crippen LogP contribution in [0.4, 0.5) is 16.2 Å². The van der Waals surface area contributed by atoms with Gasteiger partial charge in [-0.2, -0.15) is 0 Å². The maximum Gasteiger partial charge on any atom is 0.408 e. The molecule has 0 aliphatic carbocycles. The van der Waals surface area contributed by atoms with Gasteiger partial charge in [-0.3, -0.25) is 20.3 Å². The average molecular weight is 398 g/mol. The van der Waals surface area contributed by atoms with Gasteiger partial charge in [0.1, 0.15) is 11.9 Å². The molecule has 0 bridgehead atoms. The molecule has 1 saturated heterocycles. The number of nitrogens with one attached hydrogen (secondary N) is 1. The van der Waals surface area contributed by atoms with Crippen molar-refractivity contribution in [2.24, 2.45) is 0 Å². The zero-order valence-electron chi connectivity index (χ0n) is 15.9. The highest BCUT2D eigenvalue weighted by atomic mass is 16.6. The minimum Gasteiger partial charge on any atom is -0.465 e. The number of benzene rings is 2. The normalized spacial score (nSPS) is 19.1. The van der Waals surface area contributed by atoms with Crippen molar-refractivity contribution in [2.45, 2.75) is 12.1 Å². The largest absolute Gasteiger partial charge is 0.465 e. The number of hydrogen-bond acceptors (Lipinski definition) is 6. The van der Waals surface area contributed by atoms with Crippen LogP contribution in [0.1, 0.15) is 6.42 Å². The van der Waals surface area contributed by atoms with Gasteiger partial charge in [-0.1, -0.05) is 12.1 Å². The molecule has 1 unspecified atom stereocenters. The Balaban J connectivity index is 1.81. The van der Waals surface area contributed by atoms with E-state index in [1.807, 2.05) is 29.2 Å². The number of nitro groups is 1. The molecule has 2 aromatic carbocycles. The van der Waals surface area contributed by atoms with E-state index in [0.717, 1.165) is 23.1 Å². The Labute approximate surface area is 167 Å². The second-order valence-electron chi connectivity index (χ2n) is 6.86. The minimum absolute atomic E-state index is 0.0419. The van der Waals surface area contributed by atoms with Gasteiger partial charge in [0.05, 0.1) is 11.5 Å². The molecule has 2 N–H and O–H groups in total. The van der Waals surface area contributed by atoms with Crippen LogP contribution in [0.25, 0.3) is 11.1 Å². The van der Waals surface area contributed by atoms with Crippen LogP contribution >= 0.6 is 0 Å².